The number of nitrogens with two attached hydrogens (primary N) is 1. The average molecular weight is 216 g/mol. The summed E-state index contributed by atoms with van der Waals surface area (Å²) in [7, 11) is 0. The smallest absolute Gasteiger partial charge is 0.0688 e. The molecule has 0 radical (unpaired) electrons. The Morgan fingerprint density at radius 3 is 2.43 bits per heavy atom. The standard InChI is InChI=1S/C10H14ClNO2/c1-6(12)9-3-8(11)2-7(4-13)10(9)5-14/h2-3,6,13-14H,4-5,12H2,1H3. The Morgan fingerprint density at radius 1 is 1.36 bits per heavy atom. The fourth-order valence-electron chi connectivity index (χ4n) is 1.46. The molecule has 0 bridgehead atoms. The highest BCUT2D eigenvalue weighted by Crippen LogP contribution is 2.25. The van der Waals surface area contributed by atoms with E-state index in [9.17, 15) is 0 Å². The molecule has 1 unspecified atom stereocenters. The number of halogens is 1. The van der Waals surface area contributed by atoms with Gasteiger partial charge in [-0.05, 0) is 35.7 Å². The molecule has 0 aliphatic rings. The van der Waals surface area contributed by atoms with Gasteiger partial charge in [-0.3, -0.25) is 0 Å². The van der Waals surface area contributed by atoms with Crippen LogP contribution in [0.15, 0.2) is 12.1 Å². The van der Waals surface area contributed by atoms with Crippen LogP contribution in [0.4, 0.5) is 0 Å². The van der Waals surface area contributed by atoms with E-state index in [0.717, 1.165) is 5.56 Å². The van der Waals surface area contributed by atoms with Crippen LogP contribution in [0.3, 0.4) is 0 Å². The van der Waals surface area contributed by atoms with Crippen LogP contribution >= 0.6 is 11.6 Å². The topological polar surface area (TPSA) is 66.5 Å². The summed E-state index contributed by atoms with van der Waals surface area (Å²) < 4.78 is 0. The molecule has 0 aliphatic carbocycles. The predicted octanol–water partition coefficient (Wildman–Crippen LogP) is 1.34. The number of rotatable bonds is 3. The van der Waals surface area contributed by atoms with Gasteiger partial charge in [0.2, 0.25) is 0 Å². The third-order valence-electron chi connectivity index (χ3n) is 2.16. The van der Waals surface area contributed by atoms with Gasteiger partial charge in [0, 0.05) is 11.1 Å². The zero-order chi connectivity index (χ0) is 10.7. The fourth-order valence-corrected chi connectivity index (χ4v) is 1.71. The molecule has 0 saturated heterocycles. The molecule has 14 heavy (non-hydrogen) atoms. The van der Waals surface area contributed by atoms with Crippen molar-refractivity contribution in [1.82, 2.24) is 0 Å². The van der Waals surface area contributed by atoms with E-state index in [2.05, 4.69) is 0 Å². The van der Waals surface area contributed by atoms with E-state index in [1.54, 1.807) is 12.1 Å². The van der Waals surface area contributed by atoms with E-state index in [1.165, 1.54) is 0 Å². The van der Waals surface area contributed by atoms with E-state index in [1.807, 2.05) is 6.92 Å². The minimum atomic E-state index is -0.207. The van der Waals surface area contributed by atoms with E-state index < -0.39 is 0 Å². The van der Waals surface area contributed by atoms with E-state index >= 15 is 0 Å². The van der Waals surface area contributed by atoms with Crippen molar-refractivity contribution in [3.8, 4) is 0 Å². The summed E-state index contributed by atoms with van der Waals surface area (Å²) in [5.41, 5.74) is 7.82. The highest BCUT2D eigenvalue weighted by atomic mass is 35.5. The first-order chi connectivity index (χ1) is 6.60. The Labute approximate surface area is 88.1 Å². The lowest BCUT2D eigenvalue weighted by molar-refractivity contribution is 0.258. The van der Waals surface area contributed by atoms with Crippen LogP contribution < -0.4 is 5.73 Å². The van der Waals surface area contributed by atoms with Crippen LogP contribution in [-0.4, -0.2) is 10.2 Å². The molecule has 0 aliphatic heterocycles. The van der Waals surface area contributed by atoms with Gasteiger partial charge in [-0.1, -0.05) is 11.6 Å². The third-order valence-corrected chi connectivity index (χ3v) is 2.38. The summed E-state index contributed by atoms with van der Waals surface area (Å²) in [4.78, 5) is 0. The largest absolute Gasteiger partial charge is 0.392 e. The average Bonchev–Trinajstić information content (AvgIpc) is 2.16. The van der Waals surface area contributed by atoms with Crippen LogP contribution in [0.2, 0.25) is 5.02 Å². The second-order valence-electron chi connectivity index (χ2n) is 3.24. The Kier molecular flexibility index (Phi) is 3.89. The van der Waals surface area contributed by atoms with Crippen molar-refractivity contribution in [2.45, 2.75) is 26.2 Å². The molecule has 0 spiro atoms. The van der Waals surface area contributed by atoms with Crippen molar-refractivity contribution in [3.63, 3.8) is 0 Å². The molecule has 3 nitrogen and oxygen atoms in total. The molecule has 1 rings (SSSR count). The molecule has 4 heteroatoms. The number of hydrogen-bond donors (Lipinski definition) is 3. The molecule has 0 heterocycles. The van der Waals surface area contributed by atoms with Crippen LogP contribution in [-0.2, 0) is 13.2 Å². The van der Waals surface area contributed by atoms with Gasteiger partial charge in [0.1, 0.15) is 0 Å². The van der Waals surface area contributed by atoms with E-state index in [-0.39, 0.29) is 19.3 Å². The van der Waals surface area contributed by atoms with Crippen molar-refractivity contribution in [1.29, 1.82) is 0 Å². The van der Waals surface area contributed by atoms with Gasteiger partial charge in [-0.25, -0.2) is 0 Å². The first-order valence-corrected chi connectivity index (χ1v) is 4.76. The van der Waals surface area contributed by atoms with Gasteiger partial charge in [-0.2, -0.15) is 0 Å². The highest BCUT2D eigenvalue weighted by molar-refractivity contribution is 6.30. The van der Waals surface area contributed by atoms with Crippen molar-refractivity contribution in [2.75, 3.05) is 0 Å². The normalized spacial score (nSPS) is 12.9. The minimum absolute atomic E-state index is 0.135. The summed E-state index contributed by atoms with van der Waals surface area (Å²) in [6.07, 6.45) is 0. The van der Waals surface area contributed by atoms with E-state index in [0.29, 0.717) is 16.1 Å². The lowest BCUT2D eigenvalue weighted by Gasteiger charge is -2.15. The Hall–Kier alpha value is -0.610. The fraction of sp³-hybridized carbons (Fsp3) is 0.400. The minimum Gasteiger partial charge on any atom is -0.392 e. The van der Waals surface area contributed by atoms with Crippen LogP contribution in [0.1, 0.15) is 29.7 Å². The maximum atomic E-state index is 9.16. The van der Waals surface area contributed by atoms with Crippen molar-refractivity contribution in [3.05, 3.63) is 33.8 Å². The molecule has 0 aromatic heterocycles. The van der Waals surface area contributed by atoms with Gasteiger partial charge in [0.05, 0.1) is 13.2 Å². The quantitative estimate of drug-likeness (QED) is 0.713. The lowest BCUT2D eigenvalue weighted by atomic mass is 9.97. The molecule has 0 fully saturated rings. The van der Waals surface area contributed by atoms with Gasteiger partial charge < -0.3 is 15.9 Å². The Balaban J connectivity index is 3.31. The zero-order valence-electron chi connectivity index (χ0n) is 8.00. The van der Waals surface area contributed by atoms with Crippen LogP contribution in [0.25, 0.3) is 0 Å². The summed E-state index contributed by atoms with van der Waals surface area (Å²) in [5.74, 6) is 0. The summed E-state index contributed by atoms with van der Waals surface area (Å²) in [6, 6.07) is 3.15. The van der Waals surface area contributed by atoms with Gasteiger partial charge in [0.25, 0.3) is 0 Å². The number of aliphatic hydroxyl groups excluding tert-OH is 2. The number of benzene rings is 1. The van der Waals surface area contributed by atoms with Crippen LogP contribution in [0, 0.1) is 0 Å². The predicted molar refractivity (Wildman–Crippen MR) is 55.9 cm³/mol. The molecule has 1 atom stereocenters. The van der Waals surface area contributed by atoms with Crippen molar-refractivity contribution < 1.29 is 10.2 Å². The summed E-state index contributed by atoms with van der Waals surface area (Å²) in [5, 5.41) is 18.8. The Bertz CT molecular complexity index is 326. The molecule has 4 N–H and O–H groups in total. The van der Waals surface area contributed by atoms with Gasteiger partial charge in [0.15, 0.2) is 0 Å². The Morgan fingerprint density at radius 2 is 2.00 bits per heavy atom. The van der Waals surface area contributed by atoms with Crippen LogP contribution in [0.5, 0.6) is 0 Å². The zero-order valence-corrected chi connectivity index (χ0v) is 8.75. The highest BCUT2D eigenvalue weighted by Gasteiger charge is 2.11. The maximum absolute atomic E-state index is 9.16. The molecule has 0 saturated carbocycles. The molecular formula is C10H14ClNO2. The molecule has 1 aromatic carbocycles. The SMILES string of the molecule is CC(N)c1cc(Cl)cc(CO)c1CO. The first-order valence-electron chi connectivity index (χ1n) is 4.38. The maximum Gasteiger partial charge on any atom is 0.0688 e. The van der Waals surface area contributed by atoms with E-state index in [4.69, 9.17) is 27.5 Å². The third kappa shape index (κ3) is 2.25. The number of hydrogen-bond acceptors (Lipinski definition) is 3. The second-order valence-corrected chi connectivity index (χ2v) is 3.67. The molecule has 1 aromatic rings. The first kappa shape index (κ1) is 11.5. The molecular weight excluding hydrogens is 202 g/mol. The molecule has 0 amide bonds. The second kappa shape index (κ2) is 4.75. The van der Waals surface area contributed by atoms with Gasteiger partial charge >= 0.3 is 0 Å². The van der Waals surface area contributed by atoms with Crippen molar-refractivity contribution in [2.24, 2.45) is 5.73 Å². The summed E-state index contributed by atoms with van der Waals surface area (Å²) in [6.45, 7) is 1.53. The lowest BCUT2D eigenvalue weighted by Crippen LogP contribution is -2.10. The summed E-state index contributed by atoms with van der Waals surface area (Å²) >= 11 is 5.85. The number of aliphatic hydroxyl groups is 2. The monoisotopic (exact) mass is 215 g/mol. The van der Waals surface area contributed by atoms with Crippen molar-refractivity contribution >= 4 is 11.6 Å². The molecule has 78 valence electrons. The van der Waals surface area contributed by atoms with Gasteiger partial charge in [-0.15, -0.1) is 0 Å².